The van der Waals surface area contributed by atoms with E-state index >= 15 is 0 Å². The second-order valence-electron chi connectivity index (χ2n) is 2.01. The predicted molar refractivity (Wildman–Crippen MR) is 38.3 cm³/mol. The van der Waals surface area contributed by atoms with Crippen molar-refractivity contribution >= 4 is 17.8 Å². The van der Waals surface area contributed by atoms with Gasteiger partial charge in [-0.2, -0.15) is 5.26 Å². The fourth-order valence-electron chi connectivity index (χ4n) is 0.657. The highest BCUT2D eigenvalue weighted by Gasteiger charge is 2.26. The number of hydrogen-bond acceptors (Lipinski definition) is 3. The Kier molecular flexibility index (Phi) is 1.64. The van der Waals surface area contributed by atoms with Crippen LogP contribution in [0.25, 0.3) is 0 Å². The van der Waals surface area contributed by atoms with Crippen molar-refractivity contribution in [3.63, 3.8) is 0 Å². The molecule has 0 aromatic carbocycles. The average Bonchev–Trinajstić information content (AvgIpc) is 1.88. The van der Waals surface area contributed by atoms with Gasteiger partial charge in [-0.25, -0.2) is 0 Å². The summed E-state index contributed by atoms with van der Waals surface area (Å²) in [7, 11) is 0. The Bertz CT molecular complexity index is 241. The first-order chi connectivity index (χ1) is 4.66. The molecule has 1 unspecified atom stereocenters. The van der Waals surface area contributed by atoms with Crippen LogP contribution in [0.1, 0.15) is 0 Å². The molecule has 1 rings (SSSR count). The lowest BCUT2D eigenvalue weighted by Gasteiger charge is -2.14. The Morgan fingerprint density at radius 3 is 3.00 bits per heavy atom. The van der Waals surface area contributed by atoms with Crippen LogP contribution in [0, 0.1) is 11.3 Å². The summed E-state index contributed by atoms with van der Waals surface area (Å²) in [5, 5.41) is 17.3. The second kappa shape index (κ2) is 2.31. The monoisotopic (exact) mass is 156 g/mol. The zero-order chi connectivity index (χ0) is 7.61. The fraction of sp³-hybridized carbons (Fsp3) is 0.333. The first kappa shape index (κ1) is 7.10. The summed E-state index contributed by atoms with van der Waals surface area (Å²) in [6.45, 7) is 0.203. The molecule has 0 amide bonds. The Morgan fingerprint density at radius 2 is 2.60 bits per heavy atom. The zero-order valence-corrected chi connectivity index (χ0v) is 5.84. The largest absolute Gasteiger partial charge is 0.507 e. The Morgan fingerprint density at radius 1 is 1.90 bits per heavy atom. The van der Waals surface area contributed by atoms with Gasteiger partial charge in [-0.05, 0) is 6.08 Å². The van der Waals surface area contributed by atoms with Gasteiger partial charge in [0.05, 0.1) is 18.8 Å². The smallest absolute Gasteiger partial charge is 0.172 e. The number of alkyl halides is 1. The molecule has 1 N–H and O–H groups in total. The molecule has 10 heavy (non-hydrogen) atoms. The molecular formula is C6H5ClN2O. The Labute approximate surface area is 63.3 Å². The first-order valence-corrected chi connectivity index (χ1v) is 3.06. The number of aliphatic hydroxyl groups is 1. The van der Waals surface area contributed by atoms with Gasteiger partial charge in [0.25, 0.3) is 0 Å². The van der Waals surface area contributed by atoms with Crippen LogP contribution in [0.4, 0.5) is 0 Å². The van der Waals surface area contributed by atoms with E-state index in [0.717, 1.165) is 0 Å². The number of nitriles is 1. The summed E-state index contributed by atoms with van der Waals surface area (Å²) >= 11 is 5.64. The number of hydrogen-bond donors (Lipinski definition) is 1. The van der Waals surface area contributed by atoms with Gasteiger partial charge in [0.2, 0.25) is 0 Å². The van der Waals surface area contributed by atoms with E-state index in [0.29, 0.717) is 0 Å². The molecule has 1 aliphatic rings. The fourth-order valence-corrected chi connectivity index (χ4v) is 0.838. The Hall–Kier alpha value is -1.01. The van der Waals surface area contributed by atoms with Crippen LogP contribution in [0.2, 0.25) is 0 Å². The average molecular weight is 157 g/mol. The number of aliphatic hydroxyl groups excluding tert-OH is 1. The topological polar surface area (TPSA) is 56.4 Å². The number of dihydropyridines is 1. The van der Waals surface area contributed by atoms with E-state index in [1.807, 2.05) is 6.07 Å². The third kappa shape index (κ3) is 1.28. The third-order valence-electron chi connectivity index (χ3n) is 1.11. The molecule has 0 saturated carbocycles. The first-order valence-electron chi connectivity index (χ1n) is 2.68. The van der Waals surface area contributed by atoms with Crippen LogP contribution in [-0.2, 0) is 0 Å². The minimum atomic E-state index is -1.14. The van der Waals surface area contributed by atoms with Gasteiger partial charge in [-0.3, -0.25) is 4.99 Å². The van der Waals surface area contributed by atoms with Gasteiger partial charge in [-0.15, -0.1) is 0 Å². The lowest BCUT2D eigenvalue weighted by atomic mass is 10.1. The molecule has 52 valence electrons. The maximum Gasteiger partial charge on any atom is 0.172 e. The highest BCUT2D eigenvalue weighted by Crippen LogP contribution is 2.20. The summed E-state index contributed by atoms with van der Waals surface area (Å²) < 4.78 is 0. The van der Waals surface area contributed by atoms with E-state index in [2.05, 4.69) is 4.99 Å². The van der Waals surface area contributed by atoms with Crippen molar-refractivity contribution in [3.05, 3.63) is 11.8 Å². The molecule has 0 saturated heterocycles. The molecule has 0 aliphatic carbocycles. The standard InChI is InChI=1S/C6H5ClN2O/c7-6(3-8)1-5(10)2-9-4-6/h1-2,10H,4H2. The molecule has 0 aromatic heterocycles. The van der Waals surface area contributed by atoms with E-state index in [4.69, 9.17) is 22.0 Å². The molecule has 1 aliphatic heterocycles. The van der Waals surface area contributed by atoms with Crippen molar-refractivity contribution < 1.29 is 5.11 Å². The van der Waals surface area contributed by atoms with Crippen molar-refractivity contribution in [1.82, 2.24) is 0 Å². The summed E-state index contributed by atoms with van der Waals surface area (Å²) in [6.07, 6.45) is 2.56. The van der Waals surface area contributed by atoms with Crippen molar-refractivity contribution in [2.24, 2.45) is 4.99 Å². The quantitative estimate of drug-likeness (QED) is 0.533. The number of nitrogens with zero attached hydrogens (tertiary/aromatic N) is 2. The molecule has 3 nitrogen and oxygen atoms in total. The highest BCUT2D eigenvalue weighted by molar-refractivity contribution is 6.28. The highest BCUT2D eigenvalue weighted by atomic mass is 35.5. The minimum Gasteiger partial charge on any atom is -0.507 e. The van der Waals surface area contributed by atoms with Crippen molar-refractivity contribution in [2.45, 2.75) is 4.87 Å². The number of allylic oxidation sites excluding steroid dienone is 1. The van der Waals surface area contributed by atoms with Crippen LogP contribution in [0.15, 0.2) is 16.8 Å². The maximum atomic E-state index is 8.85. The number of aliphatic imine (C=N–C) groups is 1. The SMILES string of the molecule is N#CC1(Cl)C=C(O)C=NC1. The van der Waals surface area contributed by atoms with Crippen LogP contribution in [-0.4, -0.2) is 22.7 Å². The van der Waals surface area contributed by atoms with Gasteiger partial charge in [0, 0.05) is 0 Å². The minimum absolute atomic E-state index is 0.0530. The van der Waals surface area contributed by atoms with Crippen molar-refractivity contribution in [3.8, 4) is 6.07 Å². The molecule has 0 aromatic rings. The molecular weight excluding hydrogens is 152 g/mol. The molecule has 1 heterocycles. The van der Waals surface area contributed by atoms with Gasteiger partial charge in [0.15, 0.2) is 4.87 Å². The molecule has 1 atom stereocenters. The second-order valence-corrected chi connectivity index (χ2v) is 2.69. The molecule has 0 bridgehead atoms. The van der Waals surface area contributed by atoms with E-state index in [1.54, 1.807) is 0 Å². The third-order valence-corrected chi connectivity index (χ3v) is 1.42. The van der Waals surface area contributed by atoms with Gasteiger partial charge in [0.1, 0.15) is 5.76 Å². The normalized spacial score (nSPS) is 31.0. The van der Waals surface area contributed by atoms with Crippen molar-refractivity contribution in [2.75, 3.05) is 6.54 Å². The summed E-state index contributed by atoms with van der Waals surface area (Å²) in [6, 6.07) is 1.83. The predicted octanol–water partition coefficient (Wildman–Crippen LogP) is 1.01. The van der Waals surface area contributed by atoms with Crippen LogP contribution < -0.4 is 0 Å². The van der Waals surface area contributed by atoms with E-state index in [-0.39, 0.29) is 12.3 Å². The van der Waals surface area contributed by atoms with E-state index < -0.39 is 4.87 Å². The van der Waals surface area contributed by atoms with Gasteiger partial charge >= 0.3 is 0 Å². The number of rotatable bonds is 0. The van der Waals surface area contributed by atoms with Crippen molar-refractivity contribution in [1.29, 1.82) is 5.26 Å². The van der Waals surface area contributed by atoms with Crippen LogP contribution in [0.3, 0.4) is 0 Å². The Balaban J connectivity index is 2.89. The molecule has 0 fully saturated rings. The summed E-state index contributed by atoms with van der Waals surface area (Å²) in [5.74, 6) is -0.0530. The van der Waals surface area contributed by atoms with Crippen LogP contribution in [0.5, 0.6) is 0 Å². The van der Waals surface area contributed by atoms with Crippen LogP contribution >= 0.6 is 11.6 Å². The summed E-state index contributed by atoms with van der Waals surface area (Å²) in [4.78, 5) is 2.54. The molecule has 0 spiro atoms. The number of halogens is 1. The van der Waals surface area contributed by atoms with E-state index in [1.165, 1.54) is 12.3 Å². The zero-order valence-electron chi connectivity index (χ0n) is 5.08. The van der Waals surface area contributed by atoms with Gasteiger partial charge < -0.3 is 5.11 Å². The lowest BCUT2D eigenvalue weighted by Crippen LogP contribution is -2.23. The maximum absolute atomic E-state index is 8.85. The summed E-state index contributed by atoms with van der Waals surface area (Å²) in [5.41, 5.74) is 0. The van der Waals surface area contributed by atoms with Gasteiger partial charge in [-0.1, -0.05) is 11.6 Å². The lowest BCUT2D eigenvalue weighted by molar-refractivity contribution is 0.438. The van der Waals surface area contributed by atoms with E-state index in [9.17, 15) is 0 Å². The molecule has 0 radical (unpaired) electrons. The molecule has 4 heteroatoms.